The van der Waals surface area contributed by atoms with E-state index >= 15 is 0 Å². The summed E-state index contributed by atoms with van der Waals surface area (Å²) in [6.45, 7) is 4.03. The lowest BCUT2D eigenvalue weighted by Crippen LogP contribution is -2.37. The van der Waals surface area contributed by atoms with Crippen LogP contribution in [0.15, 0.2) is 42.6 Å². The highest BCUT2D eigenvalue weighted by molar-refractivity contribution is 6.09. The molecule has 2 aromatic heterocycles. The first kappa shape index (κ1) is 19.2. The van der Waals surface area contributed by atoms with Crippen molar-refractivity contribution in [1.29, 1.82) is 0 Å². The lowest BCUT2D eigenvalue weighted by Gasteiger charge is -2.22. The average molecular weight is 390 g/mol. The largest absolute Gasteiger partial charge is 0.347 e. The van der Waals surface area contributed by atoms with E-state index < -0.39 is 0 Å². The highest BCUT2D eigenvalue weighted by Crippen LogP contribution is 2.20. The molecule has 2 N–H and O–H groups in total. The zero-order chi connectivity index (χ0) is 20.4. The minimum atomic E-state index is -0.325. The van der Waals surface area contributed by atoms with Gasteiger partial charge in [-0.25, -0.2) is 4.98 Å². The molecule has 0 radical (unpaired) electrons. The summed E-state index contributed by atoms with van der Waals surface area (Å²) in [6, 6.07) is 11.4. The number of carbonyl (C=O) groups excluding carboxylic acids is 2. The van der Waals surface area contributed by atoms with Gasteiger partial charge in [0, 0.05) is 17.9 Å². The molecule has 6 nitrogen and oxygen atoms in total. The summed E-state index contributed by atoms with van der Waals surface area (Å²) in [5.74, 6) is -0.312. The van der Waals surface area contributed by atoms with Gasteiger partial charge in [0.25, 0.3) is 11.8 Å². The minimum absolute atomic E-state index is 0.181. The Bertz CT molecular complexity index is 1060. The van der Waals surface area contributed by atoms with Gasteiger partial charge < -0.3 is 10.6 Å². The van der Waals surface area contributed by atoms with E-state index in [0.29, 0.717) is 11.2 Å². The molecular formula is C23H26N4O2. The molecule has 2 heterocycles. The third-order valence-electron chi connectivity index (χ3n) is 5.67. The highest BCUT2D eigenvalue weighted by atomic mass is 16.2. The molecule has 4 rings (SSSR count). The van der Waals surface area contributed by atoms with Crippen molar-refractivity contribution in [1.82, 2.24) is 14.7 Å². The molecule has 2 amide bonds. The zero-order valence-electron chi connectivity index (χ0n) is 16.9. The Morgan fingerprint density at radius 1 is 1.00 bits per heavy atom. The van der Waals surface area contributed by atoms with E-state index in [4.69, 9.17) is 0 Å². The summed E-state index contributed by atoms with van der Waals surface area (Å²) < 4.78 is 1.69. The molecule has 0 spiro atoms. The number of pyridine rings is 1. The Kier molecular flexibility index (Phi) is 5.34. The number of nitrogens with one attached hydrogen (secondary N) is 2. The van der Waals surface area contributed by atoms with Gasteiger partial charge in [-0.3, -0.25) is 14.0 Å². The number of hydrogen-bond donors (Lipinski definition) is 2. The summed E-state index contributed by atoms with van der Waals surface area (Å²) in [5, 5.41) is 5.99. The first-order valence-electron chi connectivity index (χ1n) is 10.2. The van der Waals surface area contributed by atoms with Crippen LogP contribution >= 0.6 is 0 Å². The molecule has 1 aromatic carbocycles. The fourth-order valence-electron chi connectivity index (χ4n) is 3.87. The molecular weight excluding hydrogens is 364 g/mol. The van der Waals surface area contributed by atoms with Gasteiger partial charge >= 0.3 is 0 Å². The van der Waals surface area contributed by atoms with E-state index in [1.807, 2.05) is 44.2 Å². The van der Waals surface area contributed by atoms with Gasteiger partial charge in [0.15, 0.2) is 5.69 Å². The lowest BCUT2D eigenvalue weighted by atomic mass is 9.95. The quantitative estimate of drug-likeness (QED) is 0.699. The van der Waals surface area contributed by atoms with Crippen LogP contribution in [-0.2, 0) is 0 Å². The molecule has 1 aliphatic carbocycles. The van der Waals surface area contributed by atoms with Gasteiger partial charge in [0.05, 0.1) is 5.52 Å². The molecule has 1 saturated carbocycles. The van der Waals surface area contributed by atoms with Gasteiger partial charge in [0.2, 0.25) is 5.82 Å². The number of benzene rings is 1. The van der Waals surface area contributed by atoms with Crippen LogP contribution in [-0.4, -0.2) is 27.2 Å². The van der Waals surface area contributed by atoms with Crippen molar-refractivity contribution < 1.29 is 9.59 Å². The fraction of sp³-hybridized carbons (Fsp3) is 0.348. The molecule has 0 aliphatic heterocycles. The predicted octanol–water partition coefficient (Wildman–Crippen LogP) is 4.27. The van der Waals surface area contributed by atoms with Crippen LogP contribution in [0.5, 0.6) is 0 Å². The maximum atomic E-state index is 12.9. The second kappa shape index (κ2) is 8.07. The van der Waals surface area contributed by atoms with Crippen molar-refractivity contribution in [2.24, 2.45) is 0 Å². The predicted molar refractivity (Wildman–Crippen MR) is 113 cm³/mol. The number of anilines is 1. The molecule has 0 unspecified atom stereocenters. The normalized spacial score (nSPS) is 14.7. The van der Waals surface area contributed by atoms with Crippen LogP contribution in [0.3, 0.4) is 0 Å². The Hall–Kier alpha value is -3.15. The van der Waals surface area contributed by atoms with Gasteiger partial charge in [0.1, 0.15) is 0 Å². The lowest BCUT2D eigenvalue weighted by molar-refractivity contribution is 0.0916. The SMILES string of the molecule is Cc1ccc(NC(=O)c2nc(C(=O)NC3CCCCC3)n3ccccc23)cc1C. The maximum absolute atomic E-state index is 12.9. The number of imidazole rings is 1. The van der Waals surface area contributed by atoms with Crippen LogP contribution in [0, 0.1) is 13.8 Å². The van der Waals surface area contributed by atoms with Crippen LogP contribution in [0.25, 0.3) is 5.52 Å². The average Bonchev–Trinajstić information content (AvgIpc) is 3.11. The summed E-state index contributed by atoms with van der Waals surface area (Å²) in [7, 11) is 0. The van der Waals surface area contributed by atoms with Crippen molar-refractivity contribution >= 4 is 23.0 Å². The molecule has 3 aromatic rings. The summed E-state index contributed by atoms with van der Waals surface area (Å²) in [6.07, 6.45) is 7.25. The topological polar surface area (TPSA) is 75.5 Å². The van der Waals surface area contributed by atoms with Gasteiger partial charge in [-0.05, 0) is 62.1 Å². The first-order valence-corrected chi connectivity index (χ1v) is 10.2. The maximum Gasteiger partial charge on any atom is 0.287 e. The third kappa shape index (κ3) is 4.01. The third-order valence-corrected chi connectivity index (χ3v) is 5.67. The monoisotopic (exact) mass is 390 g/mol. The van der Waals surface area contributed by atoms with Crippen molar-refractivity contribution in [2.45, 2.75) is 52.0 Å². The number of hydrogen-bond acceptors (Lipinski definition) is 3. The minimum Gasteiger partial charge on any atom is -0.347 e. The van der Waals surface area contributed by atoms with E-state index in [-0.39, 0.29) is 29.4 Å². The molecule has 0 saturated heterocycles. The second-order valence-corrected chi connectivity index (χ2v) is 7.80. The van der Waals surface area contributed by atoms with Crippen LogP contribution in [0.4, 0.5) is 5.69 Å². The van der Waals surface area contributed by atoms with Crippen LogP contribution in [0.2, 0.25) is 0 Å². The number of fused-ring (bicyclic) bond motifs is 1. The first-order chi connectivity index (χ1) is 14.0. The number of amides is 2. The van der Waals surface area contributed by atoms with Crippen molar-refractivity contribution in [2.75, 3.05) is 5.32 Å². The fourth-order valence-corrected chi connectivity index (χ4v) is 3.87. The summed E-state index contributed by atoms with van der Waals surface area (Å²) in [4.78, 5) is 30.2. The Labute approximate surface area is 170 Å². The van der Waals surface area contributed by atoms with Crippen LogP contribution in [0.1, 0.15) is 64.3 Å². The number of aromatic nitrogens is 2. The molecule has 0 atom stereocenters. The summed E-state index contributed by atoms with van der Waals surface area (Å²) >= 11 is 0. The number of nitrogens with zero attached hydrogens (tertiary/aromatic N) is 2. The molecule has 0 bridgehead atoms. The van der Waals surface area contributed by atoms with Gasteiger partial charge in [-0.15, -0.1) is 0 Å². The van der Waals surface area contributed by atoms with Crippen LogP contribution < -0.4 is 10.6 Å². The Balaban J connectivity index is 1.61. The van der Waals surface area contributed by atoms with E-state index in [2.05, 4.69) is 15.6 Å². The number of aryl methyl sites for hydroxylation is 2. The molecule has 1 aliphatic rings. The van der Waals surface area contributed by atoms with E-state index in [0.717, 1.165) is 36.8 Å². The molecule has 29 heavy (non-hydrogen) atoms. The Morgan fingerprint density at radius 2 is 1.79 bits per heavy atom. The number of carbonyl (C=O) groups is 2. The highest BCUT2D eigenvalue weighted by Gasteiger charge is 2.24. The second-order valence-electron chi connectivity index (χ2n) is 7.80. The Morgan fingerprint density at radius 3 is 2.55 bits per heavy atom. The van der Waals surface area contributed by atoms with E-state index in [1.54, 1.807) is 16.7 Å². The van der Waals surface area contributed by atoms with Gasteiger partial charge in [-0.1, -0.05) is 31.4 Å². The standard InChI is InChI=1S/C23H26N4O2/c1-15-11-12-18(14-16(15)2)25-22(28)20-19-10-6-7-13-27(19)21(26-20)23(29)24-17-8-4-3-5-9-17/h6-7,10-14,17H,3-5,8-9H2,1-2H3,(H,24,29)(H,25,28). The zero-order valence-corrected chi connectivity index (χ0v) is 16.9. The van der Waals surface area contributed by atoms with Crippen molar-refractivity contribution in [3.8, 4) is 0 Å². The number of rotatable bonds is 4. The molecule has 150 valence electrons. The smallest absolute Gasteiger partial charge is 0.287 e. The molecule has 6 heteroatoms. The summed E-state index contributed by atoms with van der Waals surface area (Å²) in [5.41, 5.74) is 3.84. The van der Waals surface area contributed by atoms with Gasteiger partial charge in [-0.2, -0.15) is 0 Å². The van der Waals surface area contributed by atoms with E-state index in [1.165, 1.54) is 6.42 Å². The molecule has 1 fully saturated rings. The van der Waals surface area contributed by atoms with Crippen molar-refractivity contribution in [3.63, 3.8) is 0 Å². The van der Waals surface area contributed by atoms with Crippen molar-refractivity contribution in [3.05, 3.63) is 65.2 Å². The van der Waals surface area contributed by atoms with E-state index in [9.17, 15) is 9.59 Å².